The summed E-state index contributed by atoms with van der Waals surface area (Å²) in [6, 6.07) is 0. The van der Waals surface area contributed by atoms with Gasteiger partial charge in [0.2, 0.25) is 4.75 Å². The second kappa shape index (κ2) is 9.67. The summed E-state index contributed by atoms with van der Waals surface area (Å²) in [5.41, 5.74) is 0. The first kappa shape index (κ1) is 21.6. The molecule has 0 aliphatic rings. The van der Waals surface area contributed by atoms with Crippen LogP contribution in [0, 0.1) is 5.92 Å². The van der Waals surface area contributed by atoms with Crippen LogP contribution >= 0.6 is 0 Å². The van der Waals surface area contributed by atoms with E-state index in [1.807, 2.05) is 6.92 Å². The monoisotopic (exact) mass is 350 g/mol. The number of ether oxygens (including phenoxy) is 1. The second-order valence-corrected chi connectivity index (χ2v) is 7.12. The number of hydrogen-bond acceptors (Lipinski definition) is 5. The van der Waals surface area contributed by atoms with E-state index in [1.54, 1.807) is 6.92 Å². The Balaban J connectivity index is 5.46. The molecule has 0 spiro atoms. The van der Waals surface area contributed by atoms with E-state index in [0.717, 1.165) is 19.3 Å². The van der Waals surface area contributed by atoms with Crippen molar-refractivity contribution in [1.82, 2.24) is 0 Å². The average Bonchev–Trinajstić information content (AvgIpc) is 2.42. The molecule has 0 aromatic rings. The normalized spacial score (nSPS) is 16.0. The van der Waals surface area contributed by atoms with E-state index in [1.165, 1.54) is 19.1 Å². The van der Waals surface area contributed by atoms with Crippen molar-refractivity contribution in [2.75, 3.05) is 6.61 Å². The minimum atomic E-state index is -5.00. The smallest absolute Gasteiger partial charge is 0.331 e. The van der Waals surface area contributed by atoms with Crippen LogP contribution in [-0.2, 0) is 24.4 Å². The van der Waals surface area contributed by atoms with Crippen LogP contribution < -0.4 is 0 Å². The highest BCUT2D eigenvalue weighted by molar-refractivity contribution is 7.88. The standard InChI is InChI=1S/C15H26O7S/c1-4-6-7-8-10-22-14(18)15(11-13(16)17,23(19,20)21)12(3)9-5-2/h5,9,12H,4,6-8,10-11H2,1-3H3,(H,16,17)(H,19,20,21). The van der Waals surface area contributed by atoms with Crippen LogP contribution in [-0.4, -0.2) is 41.4 Å². The fourth-order valence-electron chi connectivity index (χ4n) is 2.34. The molecule has 0 radical (unpaired) electrons. The van der Waals surface area contributed by atoms with E-state index < -0.39 is 39.1 Å². The van der Waals surface area contributed by atoms with E-state index in [9.17, 15) is 22.6 Å². The molecule has 0 aromatic heterocycles. The van der Waals surface area contributed by atoms with Crippen molar-refractivity contribution in [2.24, 2.45) is 5.92 Å². The van der Waals surface area contributed by atoms with Crippen molar-refractivity contribution in [3.63, 3.8) is 0 Å². The van der Waals surface area contributed by atoms with Gasteiger partial charge in [-0.2, -0.15) is 8.42 Å². The Morgan fingerprint density at radius 2 is 1.87 bits per heavy atom. The summed E-state index contributed by atoms with van der Waals surface area (Å²) in [6.45, 7) is 4.95. The average molecular weight is 350 g/mol. The number of carbonyl (C=O) groups is 2. The molecule has 134 valence electrons. The number of carboxylic acids is 1. The lowest BCUT2D eigenvalue weighted by molar-refractivity contribution is -0.152. The molecular formula is C15H26O7S. The summed E-state index contributed by atoms with van der Waals surface area (Å²) in [5, 5.41) is 9.01. The van der Waals surface area contributed by atoms with Crippen LogP contribution in [0.4, 0.5) is 0 Å². The second-order valence-electron chi connectivity index (χ2n) is 5.45. The van der Waals surface area contributed by atoms with Gasteiger partial charge in [0.05, 0.1) is 13.0 Å². The molecular weight excluding hydrogens is 324 g/mol. The van der Waals surface area contributed by atoms with Crippen molar-refractivity contribution < 1.29 is 32.4 Å². The Morgan fingerprint density at radius 3 is 2.30 bits per heavy atom. The van der Waals surface area contributed by atoms with E-state index in [4.69, 9.17) is 9.84 Å². The third kappa shape index (κ3) is 5.95. The van der Waals surface area contributed by atoms with Gasteiger partial charge in [-0.3, -0.25) is 14.1 Å². The molecule has 0 heterocycles. The van der Waals surface area contributed by atoms with E-state index in [-0.39, 0.29) is 6.61 Å². The summed E-state index contributed by atoms with van der Waals surface area (Å²) in [5.74, 6) is -3.80. The Morgan fingerprint density at radius 1 is 1.26 bits per heavy atom. The molecule has 0 saturated heterocycles. The third-order valence-electron chi connectivity index (χ3n) is 3.67. The fraction of sp³-hybridized carbons (Fsp3) is 0.733. The molecule has 0 aliphatic heterocycles. The number of unbranched alkanes of at least 4 members (excludes halogenated alkanes) is 3. The van der Waals surface area contributed by atoms with Crippen LogP contribution in [0.1, 0.15) is 52.9 Å². The summed E-state index contributed by atoms with van der Waals surface area (Å²) >= 11 is 0. The van der Waals surface area contributed by atoms with Gasteiger partial charge in [-0.05, 0) is 13.3 Å². The quantitative estimate of drug-likeness (QED) is 0.254. The van der Waals surface area contributed by atoms with Gasteiger partial charge in [0, 0.05) is 5.92 Å². The molecule has 2 atom stereocenters. The Labute approximate surface area is 137 Å². The van der Waals surface area contributed by atoms with Gasteiger partial charge in [-0.25, -0.2) is 0 Å². The minimum Gasteiger partial charge on any atom is -0.481 e. The number of hydrogen-bond donors (Lipinski definition) is 2. The Bertz CT molecular complexity index is 524. The summed E-state index contributed by atoms with van der Waals surface area (Å²) in [7, 11) is -5.00. The van der Waals surface area contributed by atoms with Crippen LogP contribution in [0.3, 0.4) is 0 Å². The van der Waals surface area contributed by atoms with Crippen LogP contribution in [0.5, 0.6) is 0 Å². The largest absolute Gasteiger partial charge is 0.481 e. The van der Waals surface area contributed by atoms with Gasteiger partial charge in [0.15, 0.2) is 0 Å². The Kier molecular flexibility index (Phi) is 9.07. The maximum atomic E-state index is 12.3. The number of aliphatic carboxylic acids is 1. The van der Waals surface area contributed by atoms with Crippen LogP contribution in [0.2, 0.25) is 0 Å². The first-order valence-electron chi connectivity index (χ1n) is 7.62. The predicted octanol–water partition coefficient (Wildman–Crippen LogP) is 2.42. The fourth-order valence-corrected chi connectivity index (χ4v) is 3.46. The van der Waals surface area contributed by atoms with Crippen LogP contribution in [0.15, 0.2) is 12.2 Å². The number of rotatable bonds is 11. The highest BCUT2D eigenvalue weighted by Crippen LogP contribution is 2.33. The maximum Gasteiger partial charge on any atom is 0.331 e. The van der Waals surface area contributed by atoms with E-state index >= 15 is 0 Å². The van der Waals surface area contributed by atoms with Gasteiger partial charge < -0.3 is 9.84 Å². The molecule has 0 amide bonds. The zero-order chi connectivity index (χ0) is 18.1. The zero-order valence-corrected chi connectivity index (χ0v) is 14.6. The molecule has 2 unspecified atom stereocenters. The number of esters is 1. The van der Waals surface area contributed by atoms with Crippen molar-refractivity contribution >= 4 is 22.1 Å². The SMILES string of the molecule is CC=CC(C)C(CC(=O)O)(C(=O)OCCCCCC)S(=O)(=O)O. The molecule has 0 aromatic carbocycles. The van der Waals surface area contributed by atoms with Gasteiger partial charge >= 0.3 is 11.9 Å². The topological polar surface area (TPSA) is 118 Å². The summed E-state index contributed by atoms with van der Waals surface area (Å²) in [6.07, 6.45) is 5.07. The van der Waals surface area contributed by atoms with Crippen molar-refractivity contribution in [2.45, 2.75) is 57.6 Å². The molecule has 0 rings (SSSR count). The Hall–Kier alpha value is -1.41. The predicted molar refractivity (Wildman–Crippen MR) is 85.6 cm³/mol. The van der Waals surface area contributed by atoms with Crippen molar-refractivity contribution in [3.05, 3.63) is 12.2 Å². The first-order valence-corrected chi connectivity index (χ1v) is 9.06. The van der Waals surface area contributed by atoms with Crippen molar-refractivity contribution in [3.8, 4) is 0 Å². The lowest BCUT2D eigenvalue weighted by Crippen LogP contribution is -2.53. The van der Waals surface area contributed by atoms with Gasteiger partial charge in [0.1, 0.15) is 0 Å². The minimum absolute atomic E-state index is 0.0156. The molecule has 0 aliphatic carbocycles. The van der Waals surface area contributed by atoms with Gasteiger partial charge in [0.25, 0.3) is 10.1 Å². The summed E-state index contributed by atoms with van der Waals surface area (Å²) in [4.78, 5) is 23.4. The van der Waals surface area contributed by atoms with Crippen LogP contribution in [0.25, 0.3) is 0 Å². The van der Waals surface area contributed by atoms with Crippen molar-refractivity contribution in [1.29, 1.82) is 0 Å². The molecule has 7 nitrogen and oxygen atoms in total. The van der Waals surface area contributed by atoms with E-state index in [2.05, 4.69) is 0 Å². The van der Waals surface area contributed by atoms with Gasteiger partial charge in [-0.15, -0.1) is 0 Å². The number of carboxylic acid groups (broad SMARTS) is 1. The maximum absolute atomic E-state index is 12.3. The number of allylic oxidation sites excluding steroid dienone is 2. The molecule has 0 bridgehead atoms. The van der Waals surface area contributed by atoms with Gasteiger partial charge in [-0.1, -0.05) is 45.3 Å². The number of carbonyl (C=O) groups excluding carboxylic acids is 1. The first-order chi connectivity index (χ1) is 10.6. The van der Waals surface area contributed by atoms with E-state index in [0.29, 0.717) is 6.42 Å². The lowest BCUT2D eigenvalue weighted by atomic mass is 9.89. The lowest BCUT2D eigenvalue weighted by Gasteiger charge is -2.31. The summed E-state index contributed by atoms with van der Waals surface area (Å²) < 4.78 is 35.7. The zero-order valence-electron chi connectivity index (χ0n) is 13.8. The molecule has 0 saturated carbocycles. The molecule has 0 fully saturated rings. The molecule has 23 heavy (non-hydrogen) atoms. The third-order valence-corrected chi connectivity index (χ3v) is 5.27. The molecule has 8 heteroatoms. The highest BCUT2D eigenvalue weighted by Gasteiger charge is 2.56. The molecule has 2 N–H and O–H groups in total. The highest BCUT2D eigenvalue weighted by atomic mass is 32.2.